The third-order valence-corrected chi connectivity index (χ3v) is 4.52. The SMILES string of the molecule is CC(C)c1ccc(NC(=O)[C@@H](C)OC(=O)CCCN2C(=O)CN(C)C2=O)cc1. The number of hydrogen-bond acceptors (Lipinski definition) is 5. The van der Waals surface area contributed by atoms with Crippen LogP contribution < -0.4 is 5.32 Å². The van der Waals surface area contributed by atoms with E-state index in [4.69, 9.17) is 4.74 Å². The molecule has 0 bridgehead atoms. The predicted molar refractivity (Wildman–Crippen MR) is 104 cm³/mol. The number of nitrogens with one attached hydrogen (secondary N) is 1. The van der Waals surface area contributed by atoms with Crippen molar-refractivity contribution in [3.63, 3.8) is 0 Å². The molecular weight excluding hydrogens is 362 g/mol. The smallest absolute Gasteiger partial charge is 0.326 e. The number of likely N-dealkylation sites (N-methyl/N-ethyl adjacent to an activating group) is 1. The van der Waals surface area contributed by atoms with Crippen molar-refractivity contribution in [2.24, 2.45) is 0 Å². The molecule has 4 amide bonds. The van der Waals surface area contributed by atoms with Crippen molar-refractivity contribution < 1.29 is 23.9 Å². The van der Waals surface area contributed by atoms with Crippen molar-refractivity contribution in [3.05, 3.63) is 29.8 Å². The van der Waals surface area contributed by atoms with E-state index in [1.807, 2.05) is 24.3 Å². The quantitative estimate of drug-likeness (QED) is 0.544. The van der Waals surface area contributed by atoms with Gasteiger partial charge in [-0.05, 0) is 37.0 Å². The second-order valence-electron chi connectivity index (χ2n) is 7.19. The summed E-state index contributed by atoms with van der Waals surface area (Å²) in [6.07, 6.45) is -0.644. The second kappa shape index (κ2) is 9.34. The molecule has 1 aliphatic rings. The first-order valence-corrected chi connectivity index (χ1v) is 9.34. The van der Waals surface area contributed by atoms with Gasteiger partial charge in [-0.15, -0.1) is 0 Å². The van der Waals surface area contributed by atoms with Crippen LogP contribution in [0.3, 0.4) is 0 Å². The lowest BCUT2D eigenvalue weighted by molar-refractivity contribution is -0.153. The fourth-order valence-electron chi connectivity index (χ4n) is 2.78. The number of carbonyl (C=O) groups excluding carboxylic acids is 4. The number of rotatable bonds is 8. The highest BCUT2D eigenvalue weighted by atomic mass is 16.5. The molecule has 1 atom stereocenters. The Labute approximate surface area is 164 Å². The summed E-state index contributed by atoms with van der Waals surface area (Å²) in [5, 5.41) is 2.71. The molecule has 0 spiro atoms. The highest BCUT2D eigenvalue weighted by Gasteiger charge is 2.33. The van der Waals surface area contributed by atoms with Gasteiger partial charge in [0.25, 0.3) is 5.91 Å². The normalized spacial score (nSPS) is 15.2. The minimum atomic E-state index is -0.946. The number of amides is 4. The van der Waals surface area contributed by atoms with Crippen molar-refractivity contribution in [2.75, 3.05) is 25.5 Å². The van der Waals surface area contributed by atoms with Crippen molar-refractivity contribution in [1.82, 2.24) is 9.80 Å². The van der Waals surface area contributed by atoms with Crippen LogP contribution in [0.25, 0.3) is 0 Å². The summed E-state index contributed by atoms with van der Waals surface area (Å²) in [5.74, 6) is -0.851. The van der Waals surface area contributed by atoms with Crippen LogP contribution in [0.2, 0.25) is 0 Å². The molecule has 1 aromatic carbocycles. The topological polar surface area (TPSA) is 96.0 Å². The fraction of sp³-hybridized carbons (Fsp3) is 0.500. The third-order valence-electron chi connectivity index (χ3n) is 4.52. The van der Waals surface area contributed by atoms with E-state index < -0.39 is 18.0 Å². The number of esters is 1. The maximum absolute atomic E-state index is 12.2. The number of carbonyl (C=O) groups is 4. The van der Waals surface area contributed by atoms with E-state index in [0.717, 1.165) is 4.90 Å². The summed E-state index contributed by atoms with van der Waals surface area (Å²) in [4.78, 5) is 50.0. The Kier molecular flexibility index (Phi) is 7.14. The Balaban J connectivity index is 1.74. The maximum Gasteiger partial charge on any atom is 0.326 e. The first kappa shape index (κ1) is 21.4. The molecule has 0 aliphatic carbocycles. The van der Waals surface area contributed by atoms with E-state index in [1.165, 1.54) is 17.4 Å². The minimum Gasteiger partial charge on any atom is -0.453 e. The molecule has 0 unspecified atom stereocenters. The van der Waals surface area contributed by atoms with E-state index in [9.17, 15) is 19.2 Å². The first-order valence-electron chi connectivity index (χ1n) is 9.34. The number of hydrogen-bond donors (Lipinski definition) is 1. The van der Waals surface area contributed by atoms with Gasteiger partial charge in [0.05, 0.1) is 0 Å². The van der Waals surface area contributed by atoms with E-state index in [-0.39, 0.29) is 37.9 Å². The van der Waals surface area contributed by atoms with Gasteiger partial charge in [-0.25, -0.2) is 4.79 Å². The monoisotopic (exact) mass is 389 g/mol. The Bertz CT molecular complexity index is 745. The molecule has 28 heavy (non-hydrogen) atoms. The van der Waals surface area contributed by atoms with Gasteiger partial charge in [0.1, 0.15) is 6.54 Å². The fourth-order valence-corrected chi connectivity index (χ4v) is 2.78. The highest BCUT2D eigenvalue weighted by Crippen LogP contribution is 2.17. The van der Waals surface area contributed by atoms with Crippen LogP contribution in [0.5, 0.6) is 0 Å². The second-order valence-corrected chi connectivity index (χ2v) is 7.19. The zero-order valence-electron chi connectivity index (χ0n) is 16.7. The van der Waals surface area contributed by atoms with Crippen molar-refractivity contribution in [2.45, 2.75) is 45.6 Å². The van der Waals surface area contributed by atoms with Crippen LogP contribution in [0, 0.1) is 0 Å². The van der Waals surface area contributed by atoms with E-state index in [1.54, 1.807) is 7.05 Å². The van der Waals surface area contributed by atoms with Crippen molar-refractivity contribution in [1.29, 1.82) is 0 Å². The number of urea groups is 1. The molecule has 1 N–H and O–H groups in total. The van der Waals surface area contributed by atoms with E-state index >= 15 is 0 Å². The summed E-state index contributed by atoms with van der Waals surface area (Å²) < 4.78 is 5.14. The van der Waals surface area contributed by atoms with Crippen LogP contribution in [0.4, 0.5) is 10.5 Å². The standard InChI is InChI=1S/C20H27N3O5/c1-13(2)15-7-9-16(10-8-15)21-19(26)14(3)28-18(25)6-5-11-23-17(24)12-22(4)20(23)27/h7-10,13-14H,5-6,11-12H2,1-4H3,(H,21,26)/t14-/m1/s1. The Hall–Kier alpha value is -2.90. The van der Waals surface area contributed by atoms with Gasteiger partial charge in [-0.3, -0.25) is 19.3 Å². The lowest BCUT2D eigenvalue weighted by Gasteiger charge is -2.15. The van der Waals surface area contributed by atoms with Gasteiger partial charge in [0.15, 0.2) is 6.10 Å². The van der Waals surface area contributed by atoms with Gasteiger partial charge in [-0.2, -0.15) is 0 Å². The molecule has 1 heterocycles. The van der Waals surface area contributed by atoms with Gasteiger partial charge >= 0.3 is 12.0 Å². The molecule has 1 fully saturated rings. The number of ether oxygens (including phenoxy) is 1. The van der Waals surface area contributed by atoms with Crippen LogP contribution in [-0.2, 0) is 19.1 Å². The summed E-state index contributed by atoms with van der Waals surface area (Å²) >= 11 is 0. The lowest BCUT2D eigenvalue weighted by atomic mass is 10.0. The number of benzene rings is 1. The van der Waals surface area contributed by atoms with Gasteiger partial charge in [0.2, 0.25) is 5.91 Å². The number of imide groups is 1. The van der Waals surface area contributed by atoms with Gasteiger partial charge in [0, 0.05) is 25.7 Å². The summed E-state index contributed by atoms with van der Waals surface area (Å²) in [5.41, 5.74) is 1.80. The summed E-state index contributed by atoms with van der Waals surface area (Å²) in [6, 6.07) is 7.13. The lowest BCUT2D eigenvalue weighted by Crippen LogP contribution is -2.33. The average Bonchev–Trinajstić information content (AvgIpc) is 2.88. The Morgan fingerprint density at radius 1 is 1.14 bits per heavy atom. The molecule has 0 saturated carbocycles. The van der Waals surface area contributed by atoms with Crippen LogP contribution in [0.15, 0.2) is 24.3 Å². The molecule has 1 aliphatic heterocycles. The van der Waals surface area contributed by atoms with Crippen molar-refractivity contribution >= 4 is 29.5 Å². The van der Waals surface area contributed by atoms with Crippen LogP contribution in [0.1, 0.15) is 45.1 Å². The Morgan fingerprint density at radius 3 is 2.32 bits per heavy atom. The van der Waals surface area contributed by atoms with Gasteiger partial charge in [-0.1, -0.05) is 26.0 Å². The van der Waals surface area contributed by atoms with Crippen LogP contribution >= 0.6 is 0 Å². The van der Waals surface area contributed by atoms with E-state index in [2.05, 4.69) is 19.2 Å². The predicted octanol–water partition coefficient (Wildman–Crippen LogP) is 2.35. The zero-order chi connectivity index (χ0) is 20.8. The Morgan fingerprint density at radius 2 is 1.79 bits per heavy atom. The zero-order valence-corrected chi connectivity index (χ0v) is 16.7. The highest BCUT2D eigenvalue weighted by molar-refractivity contribution is 6.01. The molecule has 2 rings (SSSR count). The molecule has 1 saturated heterocycles. The summed E-state index contributed by atoms with van der Waals surface area (Å²) in [7, 11) is 1.55. The number of nitrogens with zero attached hydrogens (tertiary/aromatic N) is 2. The van der Waals surface area contributed by atoms with E-state index in [0.29, 0.717) is 11.6 Å². The molecule has 8 heteroatoms. The average molecular weight is 389 g/mol. The molecule has 0 radical (unpaired) electrons. The minimum absolute atomic E-state index is 0.0154. The maximum atomic E-state index is 12.2. The molecule has 8 nitrogen and oxygen atoms in total. The largest absolute Gasteiger partial charge is 0.453 e. The molecular formula is C20H27N3O5. The van der Waals surface area contributed by atoms with Gasteiger partial charge < -0.3 is 15.0 Å². The third kappa shape index (κ3) is 5.55. The van der Waals surface area contributed by atoms with Crippen LogP contribution in [-0.4, -0.2) is 59.9 Å². The number of anilines is 1. The first-order chi connectivity index (χ1) is 13.2. The summed E-state index contributed by atoms with van der Waals surface area (Å²) in [6.45, 7) is 5.88. The molecule has 152 valence electrons. The van der Waals surface area contributed by atoms with Crippen molar-refractivity contribution in [3.8, 4) is 0 Å². The molecule has 1 aromatic rings. The molecule has 0 aromatic heterocycles.